The molecule has 1 aromatic rings. The summed E-state index contributed by atoms with van der Waals surface area (Å²) in [6, 6.07) is 6.56. The molecule has 6 heteroatoms. The number of benzene rings is 1. The highest BCUT2D eigenvalue weighted by Crippen LogP contribution is 2.32. The van der Waals surface area contributed by atoms with Crippen LogP contribution >= 0.6 is 24.0 Å². The molecular formula is C14H20IN3O2. The first kappa shape index (κ1) is 15.2. The maximum absolute atomic E-state index is 5.37. The zero-order valence-corrected chi connectivity index (χ0v) is 13.8. The Morgan fingerprint density at radius 3 is 2.85 bits per heavy atom. The van der Waals surface area contributed by atoms with E-state index in [-0.39, 0.29) is 24.0 Å². The van der Waals surface area contributed by atoms with Gasteiger partial charge in [0.15, 0.2) is 17.5 Å². The van der Waals surface area contributed by atoms with Crippen molar-refractivity contribution in [3.63, 3.8) is 0 Å². The van der Waals surface area contributed by atoms with Gasteiger partial charge in [0.1, 0.15) is 0 Å². The number of guanidine groups is 1. The molecule has 0 unspecified atom stereocenters. The molecule has 0 aromatic heterocycles. The number of rotatable bonds is 4. The van der Waals surface area contributed by atoms with E-state index in [2.05, 4.69) is 22.5 Å². The summed E-state index contributed by atoms with van der Waals surface area (Å²) in [5.74, 6) is 2.52. The first-order valence-corrected chi connectivity index (χ1v) is 6.78. The molecule has 5 nitrogen and oxygen atoms in total. The first-order valence-electron chi connectivity index (χ1n) is 6.78. The summed E-state index contributed by atoms with van der Waals surface area (Å²) in [7, 11) is 0. The minimum atomic E-state index is 0. The van der Waals surface area contributed by atoms with Gasteiger partial charge < -0.3 is 20.1 Å². The Hall–Kier alpha value is -1.18. The van der Waals surface area contributed by atoms with Crippen molar-refractivity contribution in [2.24, 2.45) is 4.99 Å². The van der Waals surface area contributed by atoms with Gasteiger partial charge in [0, 0.05) is 12.6 Å². The summed E-state index contributed by atoms with van der Waals surface area (Å²) >= 11 is 0. The number of fused-ring (bicyclic) bond motifs is 1. The van der Waals surface area contributed by atoms with Crippen LogP contribution in [0.2, 0.25) is 0 Å². The number of halogens is 1. The third kappa shape index (κ3) is 3.91. The van der Waals surface area contributed by atoms with Crippen molar-refractivity contribution in [1.29, 1.82) is 0 Å². The fourth-order valence-electron chi connectivity index (χ4n) is 1.95. The van der Waals surface area contributed by atoms with Crippen molar-refractivity contribution >= 4 is 29.9 Å². The van der Waals surface area contributed by atoms with E-state index in [1.54, 1.807) is 0 Å². The van der Waals surface area contributed by atoms with Crippen LogP contribution in [-0.4, -0.2) is 25.3 Å². The van der Waals surface area contributed by atoms with Gasteiger partial charge in [-0.15, -0.1) is 24.0 Å². The highest BCUT2D eigenvalue weighted by Gasteiger charge is 2.22. The molecule has 1 saturated carbocycles. The molecule has 0 amide bonds. The summed E-state index contributed by atoms with van der Waals surface area (Å²) in [5.41, 5.74) is 1.12. The average molecular weight is 389 g/mol. The molecular weight excluding hydrogens is 369 g/mol. The largest absolute Gasteiger partial charge is 0.454 e. The van der Waals surface area contributed by atoms with Crippen LogP contribution in [-0.2, 0) is 6.54 Å². The SMILES string of the molecule is CCNC(=NCc1ccc2c(c1)OCO2)NC1CC1.I. The number of aliphatic imine (C=N–C) groups is 1. The van der Waals surface area contributed by atoms with E-state index in [4.69, 9.17) is 9.47 Å². The van der Waals surface area contributed by atoms with E-state index in [1.807, 2.05) is 18.2 Å². The van der Waals surface area contributed by atoms with Gasteiger partial charge >= 0.3 is 0 Å². The van der Waals surface area contributed by atoms with Crippen molar-refractivity contribution in [3.05, 3.63) is 23.8 Å². The lowest BCUT2D eigenvalue weighted by Crippen LogP contribution is -2.38. The molecule has 1 aliphatic carbocycles. The van der Waals surface area contributed by atoms with Crippen LogP contribution in [0, 0.1) is 0 Å². The molecule has 1 aliphatic heterocycles. The van der Waals surface area contributed by atoms with E-state index in [9.17, 15) is 0 Å². The first-order chi connectivity index (χ1) is 9.35. The summed E-state index contributed by atoms with van der Waals surface area (Å²) in [6.45, 7) is 3.90. The van der Waals surface area contributed by atoms with Crippen LogP contribution < -0.4 is 20.1 Å². The molecule has 20 heavy (non-hydrogen) atoms. The molecule has 2 aliphatic rings. The number of hydrogen-bond donors (Lipinski definition) is 2. The van der Waals surface area contributed by atoms with Gasteiger partial charge in [-0.3, -0.25) is 0 Å². The maximum Gasteiger partial charge on any atom is 0.231 e. The number of hydrogen-bond acceptors (Lipinski definition) is 3. The summed E-state index contributed by atoms with van der Waals surface area (Å²) in [6.07, 6.45) is 2.49. The van der Waals surface area contributed by atoms with Gasteiger partial charge in [-0.05, 0) is 37.5 Å². The van der Waals surface area contributed by atoms with E-state index in [1.165, 1.54) is 12.8 Å². The Morgan fingerprint density at radius 2 is 2.10 bits per heavy atom. The smallest absolute Gasteiger partial charge is 0.231 e. The molecule has 1 aromatic carbocycles. The molecule has 2 N–H and O–H groups in total. The zero-order chi connectivity index (χ0) is 13.1. The summed E-state index contributed by atoms with van der Waals surface area (Å²) < 4.78 is 10.7. The van der Waals surface area contributed by atoms with E-state index >= 15 is 0 Å². The number of nitrogens with one attached hydrogen (secondary N) is 2. The van der Waals surface area contributed by atoms with Gasteiger partial charge in [0.05, 0.1) is 6.54 Å². The van der Waals surface area contributed by atoms with Crippen LogP contribution in [0.25, 0.3) is 0 Å². The lowest BCUT2D eigenvalue weighted by atomic mass is 10.2. The molecule has 1 fully saturated rings. The normalized spacial score (nSPS) is 16.6. The van der Waals surface area contributed by atoms with Crippen molar-refractivity contribution in [3.8, 4) is 11.5 Å². The second-order valence-electron chi connectivity index (χ2n) is 4.80. The predicted molar refractivity (Wildman–Crippen MR) is 89.0 cm³/mol. The fraction of sp³-hybridized carbons (Fsp3) is 0.500. The summed E-state index contributed by atoms with van der Waals surface area (Å²) in [4.78, 5) is 4.59. The van der Waals surface area contributed by atoms with Crippen molar-refractivity contribution in [2.45, 2.75) is 32.4 Å². The maximum atomic E-state index is 5.37. The van der Waals surface area contributed by atoms with Crippen molar-refractivity contribution in [1.82, 2.24) is 10.6 Å². The third-order valence-corrected chi connectivity index (χ3v) is 3.12. The molecule has 0 atom stereocenters. The van der Waals surface area contributed by atoms with Crippen LogP contribution in [0.4, 0.5) is 0 Å². The predicted octanol–water partition coefficient (Wildman–Crippen LogP) is 2.25. The van der Waals surface area contributed by atoms with Gasteiger partial charge in [-0.25, -0.2) is 4.99 Å². The topological polar surface area (TPSA) is 54.9 Å². The standard InChI is InChI=1S/C14H19N3O2.HI/c1-2-15-14(17-11-4-5-11)16-8-10-3-6-12-13(7-10)19-9-18-12;/h3,6-7,11H,2,4-5,8-9H2,1H3,(H2,15,16,17);1H. The van der Waals surface area contributed by atoms with Crippen LogP contribution in [0.5, 0.6) is 11.5 Å². The molecule has 0 radical (unpaired) electrons. The molecule has 110 valence electrons. The van der Waals surface area contributed by atoms with Gasteiger partial charge in [0.2, 0.25) is 6.79 Å². The molecule has 0 spiro atoms. The highest BCUT2D eigenvalue weighted by molar-refractivity contribution is 14.0. The Labute approximate surface area is 136 Å². The molecule has 1 heterocycles. The van der Waals surface area contributed by atoms with Crippen molar-refractivity contribution in [2.75, 3.05) is 13.3 Å². The van der Waals surface area contributed by atoms with Gasteiger partial charge in [-0.1, -0.05) is 6.07 Å². The van der Waals surface area contributed by atoms with Crippen molar-refractivity contribution < 1.29 is 9.47 Å². The Bertz CT molecular complexity index is 489. The van der Waals surface area contributed by atoms with E-state index in [0.29, 0.717) is 19.4 Å². The Kier molecular flexibility index (Phi) is 5.33. The fourth-order valence-corrected chi connectivity index (χ4v) is 1.95. The summed E-state index contributed by atoms with van der Waals surface area (Å²) in [5, 5.41) is 6.66. The van der Waals surface area contributed by atoms with Gasteiger partial charge in [-0.2, -0.15) is 0 Å². The minimum Gasteiger partial charge on any atom is -0.454 e. The van der Waals surface area contributed by atoms with Gasteiger partial charge in [0.25, 0.3) is 0 Å². The van der Waals surface area contributed by atoms with Crippen LogP contribution in [0.3, 0.4) is 0 Å². The lowest BCUT2D eigenvalue weighted by Gasteiger charge is -2.10. The quantitative estimate of drug-likeness (QED) is 0.471. The third-order valence-electron chi connectivity index (χ3n) is 3.12. The second-order valence-corrected chi connectivity index (χ2v) is 4.80. The zero-order valence-electron chi connectivity index (χ0n) is 11.5. The van der Waals surface area contributed by atoms with Crippen LogP contribution in [0.15, 0.2) is 23.2 Å². The highest BCUT2D eigenvalue weighted by atomic mass is 127. The second kappa shape index (κ2) is 7.01. The number of nitrogens with zero attached hydrogens (tertiary/aromatic N) is 1. The molecule has 0 saturated heterocycles. The van der Waals surface area contributed by atoms with E-state index < -0.39 is 0 Å². The monoisotopic (exact) mass is 389 g/mol. The van der Waals surface area contributed by atoms with E-state index in [0.717, 1.165) is 29.6 Å². The molecule has 0 bridgehead atoms. The van der Waals surface area contributed by atoms with Crippen LogP contribution in [0.1, 0.15) is 25.3 Å². The average Bonchev–Trinajstić information content (AvgIpc) is 3.11. The Balaban J connectivity index is 0.00000147. The minimum absolute atomic E-state index is 0. The number of ether oxygens (including phenoxy) is 2. The molecule has 3 rings (SSSR count). The lowest BCUT2D eigenvalue weighted by molar-refractivity contribution is 0.174. The Morgan fingerprint density at radius 1 is 1.30 bits per heavy atom.